The van der Waals surface area contributed by atoms with Crippen molar-refractivity contribution in [2.24, 2.45) is 0 Å². The topological polar surface area (TPSA) is 49.4 Å². The summed E-state index contributed by atoms with van der Waals surface area (Å²) in [5.41, 5.74) is 0.580. The van der Waals surface area contributed by atoms with Crippen LogP contribution in [-0.2, 0) is 9.59 Å². The first-order valence-corrected chi connectivity index (χ1v) is 10.4. The molecule has 2 rings (SSSR count). The molecule has 0 atom stereocenters. The van der Waals surface area contributed by atoms with Crippen LogP contribution < -0.4 is 5.32 Å². The number of nitrogens with zero attached hydrogens (tertiary/aromatic N) is 1. The molecule has 4 nitrogen and oxygen atoms in total. The molecule has 1 aromatic carbocycles. The van der Waals surface area contributed by atoms with E-state index in [2.05, 4.69) is 21.2 Å². The second kappa shape index (κ2) is 9.68. The number of carbonyl (C=O) groups is 2. The highest BCUT2D eigenvalue weighted by molar-refractivity contribution is 9.10. The number of amides is 2. The molecule has 1 aliphatic carbocycles. The lowest BCUT2D eigenvalue weighted by Gasteiger charge is -2.31. The summed E-state index contributed by atoms with van der Waals surface area (Å²) in [5.74, 6) is 0.504. The van der Waals surface area contributed by atoms with Crippen molar-refractivity contribution in [3.8, 4) is 0 Å². The third-order valence-corrected chi connectivity index (χ3v) is 5.90. The zero-order valence-corrected chi connectivity index (χ0v) is 16.8. The molecule has 132 valence electrons. The number of nitrogens with one attached hydrogen (secondary N) is 1. The van der Waals surface area contributed by atoms with Gasteiger partial charge in [0.25, 0.3) is 0 Å². The molecule has 1 saturated carbocycles. The average molecular weight is 434 g/mol. The number of anilines is 1. The van der Waals surface area contributed by atoms with Crippen LogP contribution in [0.15, 0.2) is 22.7 Å². The van der Waals surface area contributed by atoms with Gasteiger partial charge in [-0.2, -0.15) is 0 Å². The Labute approximate surface area is 160 Å². The maximum Gasteiger partial charge on any atom is 0.234 e. The molecule has 2 amide bonds. The number of rotatable bonds is 6. The van der Waals surface area contributed by atoms with Crippen molar-refractivity contribution in [3.05, 3.63) is 27.7 Å². The first-order chi connectivity index (χ1) is 11.5. The number of thioether (sulfide) groups is 1. The summed E-state index contributed by atoms with van der Waals surface area (Å²) in [6.45, 7) is 0. The van der Waals surface area contributed by atoms with Crippen LogP contribution in [0.3, 0.4) is 0 Å². The Morgan fingerprint density at radius 1 is 1.29 bits per heavy atom. The van der Waals surface area contributed by atoms with Gasteiger partial charge in [0, 0.05) is 17.6 Å². The number of halogens is 2. The van der Waals surface area contributed by atoms with E-state index in [1.54, 1.807) is 12.1 Å². The largest absolute Gasteiger partial charge is 0.342 e. The summed E-state index contributed by atoms with van der Waals surface area (Å²) in [6, 6.07) is 5.66. The van der Waals surface area contributed by atoms with Gasteiger partial charge in [-0.25, -0.2) is 0 Å². The molecule has 0 unspecified atom stereocenters. The summed E-state index contributed by atoms with van der Waals surface area (Å²) in [5, 5.41) is 3.25. The summed E-state index contributed by atoms with van der Waals surface area (Å²) in [4.78, 5) is 26.1. The van der Waals surface area contributed by atoms with Crippen LogP contribution in [0.25, 0.3) is 0 Å². The molecule has 24 heavy (non-hydrogen) atoms. The average Bonchev–Trinajstić information content (AvgIpc) is 2.57. The minimum atomic E-state index is -0.155. The molecule has 0 radical (unpaired) electrons. The fraction of sp³-hybridized carbons (Fsp3) is 0.529. The van der Waals surface area contributed by atoms with Crippen LogP contribution in [0.4, 0.5) is 5.69 Å². The van der Waals surface area contributed by atoms with Gasteiger partial charge in [-0.15, -0.1) is 11.8 Å². The van der Waals surface area contributed by atoms with Gasteiger partial charge in [-0.3, -0.25) is 9.59 Å². The molecule has 0 saturated heterocycles. The lowest BCUT2D eigenvalue weighted by Crippen LogP contribution is -2.39. The van der Waals surface area contributed by atoms with Crippen LogP contribution in [0.5, 0.6) is 0 Å². The predicted molar refractivity (Wildman–Crippen MR) is 105 cm³/mol. The number of benzene rings is 1. The molecule has 1 N–H and O–H groups in total. The van der Waals surface area contributed by atoms with E-state index in [1.807, 2.05) is 18.0 Å². The summed E-state index contributed by atoms with van der Waals surface area (Å²) in [6.07, 6.45) is 5.86. The third kappa shape index (κ3) is 5.97. The fourth-order valence-electron chi connectivity index (χ4n) is 2.78. The molecular formula is C17H22BrClN2O2S. The zero-order chi connectivity index (χ0) is 17.5. The van der Waals surface area contributed by atoms with Gasteiger partial charge in [0.15, 0.2) is 0 Å². The normalized spacial score (nSPS) is 15.1. The van der Waals surface area contributed by atoms with Crippen molar-refractivity contribution in [1.29, 1.82) is 0 Å². The summed E-state index contributed by atoms with van der Waals surface area (Å²) < 4.78 is 0.858. The molecule has 0 bridgehead atoms. The van der Waals surface area contributed by atoms with E-state index in [0.717, 1.165) is 17.3 Å². The van der Waals surface area contributed by atoms with E-state index in [-0.39, 0.29) is 17.6 Å². The fourth-order valence-corrected chi connectivity index (χ4v) is 4.24. The molecule has 1 aromatic rings. The molecule has 0 heterocycles. The number of hydrogen-bond donors (Lipinski definition) is 1. The Bertz CT molecular complexity index is 594. The predicted octanol–water partition coefficient (Wildman–Crippen LogP) is 4.57. The van der Waals surface area contributed by atoms with Crippen molar-refractivity contribution in [2.75, 3.05) is 23.9 Å². The Morgan fingerprint density at radius 3 is 2.67 bits per heavy atom. The lowest BCUT2D eigenvalue weighted by atomic mass is 9.94. The first kappa shape index (κ1) is 19.6. The lowest BCUT2D eigenvalue weighted by molar-refractivity contribution is -0.129. The third-order valence-electron chi connectivity index (χ3n) is 4.18. The van der Waals surface area contributed by atoms with Crippen molar-refractivity contribution < 1.29 is 9.59 Å². The van der Waals surface area contributed by atoms with E-state index < -0.39 is 0 Å². The summed E-state index contributed by atoms with van der Waals surface area (Å²) in [7, 11) is 1.88. The van der Waals surface area contributed by atoms with Crippen molar-refractivity contribution in [2.45, 2.75) is 38.1 Å². The quantitative estimate of drug-likeness (QED) is 0.715. The molecule has 7 heteroatoms. The zero-order valence-electron chi connectivity index (χ0n) is 13.7. The minimum Gasteiger partial charge on any atom is -0.342 e. The Hall–Kier alpha value is -0.720. The van der Waals surface area contributed by atoms with E-state index >= 15 is 0 Å². The highest BCUT2D eigenvalue weighted by Crippen LogP contribution is 2.26. The van der Waals surface area contributed by atoms with Crippen LogP contribution in [0.1, 0.15) is 32.1 Å². The van der Waals surface area contributed by atoms with Gasteiger partial charge < -0.3 is 10.2 Å². The molecule has 0 aromatic heterocycles. The SMILES string of the molecule is CN(C(=O)CSCC(=O)Nc1ccc(Br)cc1Cl)C1CCCCC1. The van der Waals surface area contributed by atoms with Crippen molar-refractivity contribution in [3.63, 3.8) is 0 Å². The van der Waals surface area contributed by atoms with Gasteiger partial charge in [-0.1, -0.05) is 46.8 Å². The number of hydrogen-bond acceptors (Lipinski definition) is 3. The standard InChI is InChI=1S/C17H22BrClN2O2S/c1-21(13-5-3-2-4-6-13)17(23)11-24-10-16(22)20-15-8-7-12(18)9-14(15)19/h7-9,13H,2-6,10-11H2,1H3,(H,20,22). The van der Waals surface area contributed by atoms with Gasteiger partial charge in [0.2, 0.25) is 11.8 Å². The van der Waals surface area contributed by atoms with Crippen LogP contribution in [0, 0.1) is 0 Å². The second-order valence-corrected chi connectivity index (χ2v) is 8.27. The van der Waals surface area contributed by atoms with Crippen LogP contribution in [-0.4, -0.2) is 41.3 Å². The highest BCUT2D eigenvalue weighted by atomic mass is 79.9. The van der Waals surface area contributed by atoms with Crippen molar-refractivity contribution in [1.82, 2.24) is 4.90 Å². The second-order valence-electron chi connectivity index (χ2n) is 5.96. The molecule has 0 spiro atoms. The molecule has 0 aliphatic heterocycles. The maximum atomic E-state index is 12.2. The van der Waals surface area contributed by atoms with Gasteiger partial charge >= 0.3 is 0 Å². The van der Waals surface area contributed by atoms with E-state index in [4.69, 9.17) is 11.6 Å². The highest BCUT2D eigenvalue weighted by Gasteiger charge is 2.21. The van der Waals surface area contributed by atoms with Crippen LogP contribution in [0.2, 0.25) is 5.02 Å². The Kier molecular flexibility index (Phi) is 7.91. The van der Waals surface area contributed by atoms with E-state index in [1.165, 1.54) is 31.0 Å². The molecule has 1 fully saturated rings. The number of carbonyl (C=O) groups excluding carboxylic acids is 2. The maximum absolute atomic E-state index is 12.2. The van der Waals surface area contributed by atoms with Crippen molar-refractivity contribution >= 4 is 56.8 Å². The summed E-state index contributed by atoms with van der Waals surface area (Å²) >= 11 is 10.7. The van der Waals surface area contributed by atoms with Crippen LogP contribution >= 0.6 is 39.3 Å². The Balaban J connectivity index is 1.72. The Morgan fingerprint density at radius 2 is 2.00 bits per heavy atom. The first-order valence-electron chi connectivity index (χ1n) is 8.05. The minimum absolute atomic E-state index is 0.0985. The van der Waals surface area contributed by atoms with Gasteiger partial charge in [0.1, 0.15) is 0 Å². The monoisotopic (exact) mass is 432 g/mol. The van der Waals surface area contributed by atoms with E-state index in [0.29, 0.717) is 22.5 Å². The molecular weight excluding hydrogens is 412 g/mol. The molecule has 1 aliphatic rings. The van der Waals surface area contributed by atoms with Gasteiger partial charge in [-0.05, 0) is 31.0 Å². The smallest absolute Gasteiger partial charge is 0.234 e. The van der Waals surface area contributed by atoms with E-state index in [9.17, 15) is 9.59 Å². The van der Waals surface area contributed by atoms with Gasteiger partial charge in [0.05, 0.1) is 22.2 Å².